The minimum atomic E-state index is 0.125. The Balaban J connectivity index is 1.42. The zero-order chi connectivity index (χ0) is 24.2. The normalized spacial score (nSPS) is 13.3. The molecule has 0 radical (unpaired) electrons. The first kappa shape index (κ1) is 23.2. The van der Waals surface area contributed by atoms with E-state index in [0.29, 0.717) is 5.75 Å². The van der Waals surface area contributed by atoms with Crippen LogP contribution in [-0.4, -0.2) is 45.8 Å². The fourth-order valence-corrected chi connectivity index (χ4v) is 5.18. The molecule has 0 unspecified atom stereocenters. The molecule has 7 heteroatoms. The van der Waals surface area contributed by atoms with Gasteiger partial charge >= 0.3 is 0 Å². The molecule has 5 rings (SSSR count). The zero-order valence-electron chi connectivity index (χ0n) is 20.0. The molecule has 0 aliphatic carbocycles. The topological polar surface area (TPSA) is 60.2 Å². The van der Waals surface area contributed by atoms with E-state index in [-0.39, 0.29) is 5.91 Å². The zero-order valence-corrected chi connectivity index (χ0v) is 20.8. The number of thioether (sulfide) groups is 1. The predicted molar refractivity (Wildman–Crippen MR) is 139 cm³/mol. The second-order valence-electron chi connectivity index (χ2n) is 8.66. The van der Waals surface area contributed by atoms with Crippen LogP contribution in [-0.2, 0) is 5.75 Å². The van der Waals surface area contributed by atoms with Gasteiger partial charge in [0.25, 0.3) is 5.91 Å². The SMILES string of the molecule is COc1ccccc1-n1c(SCc2ccc(C(=O)N3CCCC3)cc2)nnc1-c1ccc(C)cc1. The second kappa shape index (κ2) is 10.4. The van der Waals surface area contributed by atoms with Crippen LogP contribution in [0.25, 0.3) is 17.1 Å². The summed E-state index contributed by atoms with van der Waals surface area (Å²) < 4.78 is 7.71. The first-order chi connectivity index (χ1) is 17.1. The Morgan fingerprint density at radius 2 is 1.66 bits per heavy atom. The van der Waals surface area contributed by atoms with Crippen LogP contribution in [0.3, 0.4) is 0 Å². The van der Waals surface area contributed by atoms with E-state index in [1.165, 1.54) is 5.56 Å². The molecule has 1 saturated heterocycles. The number of likely N-dealkylation sites (tertiary alicyclic amines) is 1. The lowest BCUT2D eigenvalue weighted by atomic mass is 10.1. The van der Waals surface area contributed by atoms with Gasteiger partial charge < -0.3 is 9.64 Å². The smallest absolute Gasteiger partial charge is 0.253 e. The van der Waals surface area contributed by atoms with Crippen molar-refractivity contribution in [2.45, 2.75) is 30.7 Å². The maximum atomic E-state index is 12.6. The maximum absolute atomic E-state index is 12.6. The predicted octanol–water partition coefficient (Wildman–Crippen LogP) is 5.78. The fraction of sp³-hybridized carbons (Fsp3) is 0.250. The monoisotopic (exact) mass is 484 g/mol. The molecular weight excluding hydrogens is 456 g/mol. The number of carbonyl (C=O) groups is 1. The van der Waals surface area contributed by atoms with Crippen LogP contribution in [0.4, 0.5) is 0 Å². The molecule has 0 bridgehead atoms. The Morgan fingerprint density at radius 3 is 2.37 bits per heavy atom. The molecule has 0 spiro atoms. The number of nitrogens with zero attached hydrogens (tertiary/aromatic N) is 4. The number of hydrogen-bond donors (Lipinski definition) is 0. The molecule has 0 saturated carbocycles. The van der Waals surface area contributed by atoms with Gasteiger partial charge in [-0.05, 0) is 49.6 Å². The summed E-state index contributed by atoms with van der Waals surface area (Å²) in [6, 6.07) is 24.1. The van der Waals surface area contributed by atoms with Crippen molar-refractivity contribution in [2.24, 2.45) is 0 Å². The van der Waals surface area contributed by atoms with Gasteiger partial charge in [-0.2, -0.15) is 0 Å². The van der Waals surface area contributed by atoms with Crippen LogP contribution < -0.4 is 4.74 Å². The van der Waals surface area contributed by atoms with E-state index in [0.717, 1.165) is 65.0 Å². The van der Waals surface area contributed by atoms with Crippen molar-refractivity contribution in [3.8, 4) is 22.8 Å². The van der Waals surface area contributed by atoms with Gasteiger partial charge in [0.15, 0.2) is 11.0 Å². The number of ether oxygens (including phenoxy) is 1. The van der Waals surface area contributed by atoms with E-state index in [1.54, 1.807) is 18.9 Å². The van der Waals surface area contributed by atoms with Crippen LogP contribution in [0.15, 0.2) is 78.0 Å². The van der Waals surface area contributed by atoms with Crippen molar-refractivity contribution in [3.05, 3.63) is 89.5 Å². The fourth-order valence-electron chi connectivity index (χ4n) is 4.28. The number of benzene rings is 3. The van der Waals surface area contributed by atoms with Crippen molar-refractivity contribution < 1.29 is 9.53 Å². The molecule has 2 heterocycles. The summed E-state index contributed by atoms with van der Waals surface area (Å²) in [7, 11) is 1.67. The lowest BCUT2D eigenvalue weighted by Gasteiger charge is -2.15. The number of methoxy groups -OCH3 is 1. The van der Waals surface area contributed by atoms with Gasteiger partial charge in [-0.3, -0.25) is 9.36 Å². The van der Waals surface area contributed by atoms with Crippen LogP contribution in [0.2, 0.25) is 0 Å². The number of amides is 1. The summed E-state index contributed by atoms with van der Waals surface area (Å²) in [6.07, 6.45) is 2.19. The highest BCUT2D eigenvalue weighted by molar-refractivity contribution is 7.98. The van der Waals surface area contributed by atoms with Crippen molar-refractivity contribution >= 4 is 17.7 Å². The Hall–Kier alpha value is -3.58. The largest absolute Gasteiger partial charge is 0.495 e. The summed E-state index contributed by atoms with van der Waals surface area (Å²) >= 11 is 1.61. The van der Waals surface area contributed by atoms with E-state index in [1.807, 2.05) is 53.4 Å². The molecule has 1 aliphatic rings. The third-order valence-corrected chi connectivity index (χ3v) is 7.23. The highest BCUT2D eigenvalue weighted by atomic mass is 32.2. The Labute approximate surface area is 210 Å². The maximum Gasteiger partial charge on any atom is 0.253 e. The Morgan fingerprint density at radius 1 is 0.943 bits per heavy atom. The van der Waals surface area contributed by atoms with Gasteiger partial charge in [0.1, 0.15) is 5.75 Å². The average molecular weight is 485 g/mol. The van der Waals surface area contributed by atoms with E-state index >= 15 is 0 Å². The quantitative estimate of drug-likeness (QED) is 0.311. The number of carbonyl (C=O) groups excluding carboxylic acids is 1. The summed E-state index contributed by atoms with van der Waals surface area (Å²) in [4.78, 5) is 14.6. The minimum absolute atomic E-state index is 0.125. The van der Waals surface area contributed by atoms with Crippen LogP contribution in [0.5, 0.6) is 5.75 Å². The number of para-hydroxylation sites is 2. The first-order valence-electron chi connectivity index (χ1n) is 11.8. The molecule has 35 heavy (non-hydrogen) atoms. The van der Waals surface area contributed by atoms with Crippen molar-refractivity contribution in [3.63, 3.8) is 0 Å². The first-order valence-corrected chi connectivity index (χ1v) is 12.8. The highest BCUT2D eigenvalue weighted by Gasteiger charge is 2.20. The Kier molecular flexibility index (Phi) is 6.86. The standard InChI is InChI=1S/C28H28N4O2S/c1-20-9-13-22(14-10-20)26-29-30-28(32(26)24-7-3-4-8-25(24)34-2)35-19-21-11-15-23(16-12-21)27(33)31-17-5-6-18-31/h3-4,7-16H,5-6,17-19H2,1-2H3. The third-order valence-electron chi connectivity index (χ3n) is 6.23. The summed E-state index contributed by atoms with van der Waals surface area (Å²) in [6.45, 7) is 3.79. The molecule has 0 atom stereocenters. The van der Waals surface area contributed by atoms with Crippen LogP contribution >= 0.6 is 11.8 Å². The lowest BCUT2D eigenvalue weighted by molar-refractivity contribution is 0.0793. The molecule has 1 fully saturated rings. The van der Waals surface area contributed by atoms with Crippen molar-refractivity contribution in [2.75, 3.05) is 20.2 Å². The molecule has 0 N–H and O–H groups in total. The van der Waals surface area contributed by atoms with Crippen LogP contribution in [0, 0.1) is 6.92 Å². The molecule has 4 aromatic rings. The lowest BCUT2D eigenvalue weighted by Crippen LogP contribution is -2.27. The third kappa shape index (κ3) is 4.95. The Bertz CT molecular complexity index is 1310. The molecule has 3 aromatic carbocycles. The summed E-state index contributed by atoms with van der Waals surface area (Å²) in [5.41, 5.74) is 4.95. The summed E-state index contributed by atoms with van der Waals surface area (Å²) in [5.74, 6) is 2.36. The van der Waals surface area contributed by atoms with E-state index in [4.69, 9.17) is 4.74 Å². The molecule has 178 valence electrons. The number of aromatic nitrogens is 3. The number of aryl methyl sites for hydroxylation is 1. The highest BCUT2D eigenvalue weighted by Crippen LogP contribution is 2.33. The van der Waals surface area contributed by atoms with Gasteiger partial charge in [-0.1, -0.05) is 65.9 Å². The number of rotatable bonds is 7. The van der Waals surface area contributed by atoms with Gasteiger partial charge in [-0.25, -0.2) is 0 Å². The molecule has 1 aliphatic heterocycles. The average Bonchev–Trinajstić information content (AvgIpc) is 3.58. The molecule has 1 amide bonds. The van der Waals surface area contributed by atoms with E-state index in [2.05, 4.69) is 46.0 Å². The van der Waals surface area contributed by atoms with Gasteiger partial charge in [-0.15, -0.1) is 10.2 Å². The minimum Gasteiger partial charge on any atom is -0.495 e. The van der Waals surface area contributed by atoms with Gasteiger partial charge in [0, 0.05) is 30.0 Å². The van der Waals surface area contributed by atoms with Gasteiger partial charge in [0.2, 0.25) is 0 Å². The molecule has 6 nitrogen and oxygen atoms in total. The second-order valence-corrected chi connectivity index (χ2v) is 9.61. The molecule has 1 aromatic heterocycles. The van der Waals surface area contributed by atoms with Crippen molar-refractivity contribution in [1.29, 1.82) is 0 Å². The molecular formula is C28H28N4O2S. The van der Waals surface area contributed by atoms with Crippen LogP contribution in [0.1, 0.15) is 34.3 Å². The number of hydrogen-bond acceptors (Lipinski definition) is 5. The van der Waals surface area contributed by atoms with Crippen molar-refractivity contribution in [1.82, 2.24) is 19.7 Å². The van der Waals surface area contributed by atoms with E-state index in [9.17, 15) is 4.79 Å². The van der Waals surface area contributed by atoms with Gasteiger partial charge in [0.05, 0.1) is 12.8 Å². The summed E-state index contributed by atoms with van der Waals surface area (Å²) in [5, 5.41) is 9.87. The van der Waals surface area contributed by atoms with E-state index < -0.39 is 0 Å².